The first-order valence-corrected chi connectivity index (χ1v) is 20.4. The molecule has 0 N–H and O–H groups in total. The lowest BCUT2D eigenvalue weighted by Crippen LogP contribution is -2.35. The molecule has 1 aliphatic heterocycles. The molecule has 0 amide bonds. The summed E-state index contributed by atoms with van der Waals surface area (Å²) in [6.45, 7) is 2.03. The van der Waals surface area contributed by atoms with Gasteiger partial charge in [-0.3, -0.25) is 4.99 Å². The van der Waals surface area contributed by atoms with Gasteiger partial charge in [0.25, 0.3) is 0 Å². The van der Waals surface area contributed by atoms with Crippen LogP contribution in [0.2, 0.25) is 0 Å². The number of fused-ring (bicyclic) bond motifs is 10. The smallest absolute Gasteiger partial charge is 0.0895 e. The van der Waals surface area contributed by atoms with Crippen molar-refractivity contribution < 1.29 is 0 Å². The van der Waals surface area contributed by atoms with E-state index < -0.39 is 5.41 Å². The maximum absolute atomic E-state index is 5.49. The number of nitrogens with zero attached hydrogens (tertiary/aromatic N) is 2. The third-order valence-electron chi connectivity index (χ3n) is 12.2. The van der Waals surface area contributed by atoms with Crippen LogP contribution in [0.3, 0.4) is 0 Å². The molecule has 0 fully saturated rings. The minimum absolute atomic E-state index is 0.617. The van der Waals surface area contributed by atoms with E-state index in [9.17, 15) is 0 Å². The zero-order valence-electron chi connectivity index (χ0n) is 32.8. The number of benzene rings is 9. The Kier molecular flexibility index (Phi) is 8.30. The lowest BCUT2D eigenvalue weighted by Gasteiger charge is -2.33. The summed E-state index contributed by atoms with van der Waals surface area (Å²) in [6.07, 6.45) is 12.5. The molecular formula is C57H40N2. The molecule has 278 valence electrons. The van der Waals surface area contributed by atoms with Crippen LogP contribution in [-0.2, 0) is 5.41 Å². The van der Waals surface area contributed by atoms with Crippen molar-refractivity contribution >= 4 is 65.5 Å². The first kappa shape index (κ1) is 34.7. The third-order valence-corrected chi connectivity index (χ3v) is 12.2. The summed E-state index contributed by atoms with van der Waals surface area (Å²) in [5.74, 6) is 0. The normalized spacial score (nSPS) is 13.9. The lowest BCUT2D eigenvalue weighted by atomic mass is 9.67. The molecular weight excluding hydrogens is 713 g/mol. The third kappa shape index (κ3) is 5.45. The minimum atomic E-state index is -0.617. The Morgan fingerprint density at radius 2 is 0.966 bits per heavy atom. The van der Waals surface area contributed by atoms with Gasteiger partial charge in [-0.25, -0.2) is 0 Å². The van der Waals surface area contributed by atoms with Crippen molar-refractivity contribution in [3.05, 3.63) is 241 Å². The van der Waals surface area contributed by atoms with E-state index in [0.29, 0.717) is 0 Å². The molecule has 10 aromatic rings. The molecule has 0 spiro atoms. The Morgan fingerprint density at radius 1 is 0.424 bits per heavy atom. The molecule has 59 heavy (non-hydrogen) atoms. The monoisotopic (exact) mass is 752 g/mol. The highest BCUT2D eigenvalue weighted by molar-refractivity contribution is 6.26. The van der Waals surface area contributed by atoms with Crippen LogP contribution in [0.15, 0.2) is 230 Å². The summed E-state index contributed by atoms with van der Waals surface area (Å²) in [5, 5.41) is 10.1. The highest BCUT2D eigenvalue weighted by atomic mass is 15.0. The second-order valence-electron chi connectivity index (χ2n) is 15.4. The fraction of sp³-hybridized carbons (Fsp3) is 0.0351. The van der Waals surface area contributed by atoms with E-state index in [1.54, 1.807) is 0 Å². The Morgan fingerprint density at radius 3 is 1.61 bits per heavy atom. The van der Waals surface area contributed by atoms with Gasteiger partial charge in [0, 0.05) is 22.0 Å². The number of aliphatic imine (C=N–C) groups is 1. The number of hydrogen-bond acceptors (Lipinski definition) is 1. The second-order valence-corrected chi connectivity index (χ2v) is 15.4. The van der Waals surface area contributed by atoms with Gasteiger partial charge in [0.05, 0.1) is 27.8 Å². The zero-order chi connectivity index (χ0) is 39.3. The van der Waals surface area contributed by atoms with Crippen molar-refractivity contribution in [1.29, 1.82) is 0 Å². The maximum Gasteiger partial charge on any atom is 0.0895 e. The number of hydrogen-bond donors (Lipinski definition) is 0. The van der Waals surface area contributed by atoms with Gasteiger partial charge in [-0.15, -0.1) is 0 Å². The van der Waals surface area contributed by atoms with Gasteiger partial charge < -0.3 is 4.57 Å². The molecule has 11 rings (SSSR count). The summed E-state index contributed by atoms with van der Waals surface area (Å²) in [6, 6.07) is 68.9. The molecule has 0 atom stereocenters. The van der Waals surface area contributed by atoms with Gasteiger partial charge in [0.1, 0.15) is 0 Å². The van der Waals surface area contributed by atoms with E-state index in [1.165, 1.54) is 76.4 Å². The fourth-order valence-corrected chi connectivity index (χ4v) is 9.61. The number of allylic oxidation sites excluding steroid dienone is 6. The zero-order valence-corrected chi connectivity index (χ0v) is 32.8. The molecule has 0 bridgehead atoms. The molecule has 2 heteroatoms. The van der Waals surface area contributed by atoms with Crippen LogP contribution in [0, 0.1) is 0 Å². The molecule has 0 unspecified atom stereocenters. The van der Waals surface area contributed by atoms with E-state index in [4.69, 9.17) is 4.99 Å². The van der Waals surface area contributed by atoms with Crippen LogP contribution in [0.5, 0.6) is 0 Å². The van der Waals surface area contributed by atoms with Gasteiger partial charge in [-0.05, 0) is 104 Å². The van der Waals surface area contributed by atoms with Gasteiger partial charge in [0.2, 0.25) is 0 Å². The summed E-state index contributed by atoms with van der Waals surface area (Å²) in [4.78, 5) is 5.49. The van der Waals surface area contributed by atoms with E-state index >= 15 is 0 Å². The standard InChI is InChI=1S/C57H40N2/c1-2-3-4-5-12-29-56-57(41-19-8-6-9-20-41,42-21-10-7-11-22-42)52-38-55-51(37-53(52)58-56)49-27-17-18-28-54(49)59(55)43-33-30-39(31-34-43)40-32-35-48-46-25-14-13-23-44(46)45-24-15-16-26-47(45)50(48)36-40/h2-38H,1H3/b3-2-,5-4-,29-12+. The fourth-order valence-electron chi connectivity index (χ4n) is 9.61. The lowest BCUT2D eigenvalue weighted by molar-refractivity contribution is 0.855. The predicted octanol–water partition coefficient (Wildman–Crippen LogP) is 15.0. The Hall–Kier alpha value is -7.55. The van der Waals surface area contributed by atoms with E-state index in [2.05, 4.69) is 217 Å². The topological polar surface area (TPSA) is 17.3 Å². The molecule has 2 nitrogen and oxygen atoms in total. The van der Waals surface area contributed by atoms with Crippen molar-refractivity contribution in [2.24, 2.45) is 4.99 Å². The average molecular weight is 753 g/mol. The molecule has 2 heterocycles. The molecule has 0 saturated heterocycles. The minimum Gasteiger partial charge on any atom is -0.309 e. The SMILES string of the molecule is C\C=C/C=C\C=C\C1=Nc2cc3c4ccccc4n(-c4ccc(-c5ccc6c7ccccc7c7ccccc7c6c5)cc4)c3cc2C1(c1ccccc1)c1ccccc1. The van der Waals surface area contributed by atoms with Crippen LogP contribution in [0.4, 0.5) is 5.69 Å². The van der Waals surface area contributed by atoms with E-state index in [-0.39, 0.29) is 0 Å². The van der Waals surface area contributed by atoms with Gasteiger partial charge in [-0.1, -0.05) is 182 Å². The number of aromatic nitrogens is 1. The first-order chi connectivity index (χ1) is 29.2. The highest BCUT2D eigenvalue weighted by Gasteiger charge is 2.46. The summed E-state index contributed by atoms with van der Waals surface area (Å²) in [5.41, 5.74) is 10.8. The summed E-state index contributed by atoms with van der Waals surface area (Å²) >= 11 is 0. The van der Waals surface area contributed by atoms with Crippen LogP contribution in [0.25, 0.3) is 70.9 Å². The quantitative estimate of drug-likeness (QED) is 0.114. The summed E-state index contributed by atoms with van der Waals surface area (Å²) < 4.78 is 2.43. The van der Waals surface area contributed by atoms with E-state index in [0.717, 1.165) is 22.6 Å². The second kappa shape index (κ2) is 14.1. The van der Waals surface area contributed by atoms with Crippen molar-refractivity contribution in [3.8, 4) is 16.8 Å². The molecule has 1 aliphatic rings. The van der Waals surface area contributed by atoms with Crippen molar-refractivity contribution in [1.82, 2.24) is 4.57 Å². The maximum atomic E-state index is 5.49. The van der Waals surface area contributed by atoms with Gasteiger partial charge in [-0.2, -0.15) is 0 Å². The van der Waals surface area contributed by atoms with Crippen LogP contribution in [-0.4, -0.2) is 10.3 Å². The summed E-state index contributed by atoms with van der Waals surface area (Å²) in [7, 11) is 0. The van der Waals surface area contributed by atoms with Crippen LogP contribution in [0.1, 0.15) is 23.6 Å². The van der Waals surface area contributed by atoms with Crippen LogP contribution >= 0.6 is 0 Å². The van der Waals surface area contributed by atoms with Crippen molar-refractivity contribution in [2.75, 3.05) is 0 Å². The largest absolute Gasteiger partial charge is 0.309 e. The van der Waals surface area contributed by atoms with Gasteiger partial charge >= 0.3 is 0 Å². The Labute approximate surface area is 344 Å². The molecule has 0 aliphatic carbocycles. The predicted molar refractivity (Wildman–Crippen MR) is 252 cm³/mol. The van der Waals surface area contributed by atoms with Gasteiger partial charge in [0.15, 0.2) is 0 Å². The van der Waals surface area contributed by atoms with Crippen molar-refractivity contribution in [2.45, 2.75) is 12.3 Å². The van der Waals surface area contributed by atoms with E-state index in [1.807, 2.05) is 19.1 Å². The average Bonchev–Trinajstić information content (AvgIpc) is 3.80. The number of rotatable bonds is 7. The Balaban J connectivity index is 1.10. The molecule has 1 aromatic heterocycles. The first-order valence-electron chi connectivity index (χ1n) is 20.4. The van der Waals surface area contributed by atoms with Crippen LogP contribution < -0.4 is 0 Å². The highest BCUT2D eigenvalue weighted by Crippen LogP contribution is 2.52. The number of para-hydroxylation sites is 1. The molecule has 0 radical (unpaired) electrons. The Bertz CT molecular complexity index is 3290. The van der Waals surface area contributed by atoms with Crippen molar-refractivity contribution in [3.63, 3.8) is 0 Å². The molecule has 0 saturated carbocycles. The molecule has 9 aromatic carbocycles.